The van der Waals surface area contributed by atoms with Gasteiger partial charge in [-0.3, -0.25) is 9.59 Å². The average Bonchev–Trinajstić information content (AvgIpc) is 2.64. The molecule has 5 nitrogen and oxygen atoms in total. The minimum atomic E-state index is -0.348. The Balaban J connectivity index is 1.72. The van der Waals surface area contributed by atoms with Crippen LogP contribution in [0.3, 0.4) is 0 Å². The van der Waals surface area contributed by atoms with Crippen LogP contribution in [-0.2, 0) is 17.9 Å². The fourth-order valence-corrected chi connectivity index (χ4v) is 2.56. The maximum absolute atomic E-state index is 12.9. The first-order valence-corrected chi connectivity index (χ1v) is 8.18. The van der Waals surface area contributed by atoms with E-state index in [2.05, 4.69) is 10.4 Å². The lowest BCUT2D eigenvalue weighted by Crippen LogP contribution is -2.33. The van der Waals surface area contributed by atoms with Gasteiger partial charge >= 0.3 is 0 Å². The number of benzene rings is 2. The van der Waals surface area contributed by atoms with Crippen molar-refractivity contribution in [2.45, 2.75) is 20.0 Å². The first kappa shape index (κ1) is 17.5. The van der Waals surface area contributed by atoms with Gasteiger partial charge in [-0.25, -0.2) is 9.07 Å². The Morgan fingerprint density at radius 3 is 2.54 bits per heavy atom. The Morgan fingerprint density at radius 2 is 1.81 bits per heavy atom. The molecule has 0 aliphatic heterocycles. The fourth-order valence-electron chi connectivity index (χ4n) is 2.56. The summed E-state index contributed by atoms with van der Waals surface area (Å²) in [4.78, 5) is 24.1. The van der Waals surface area contributed by atoms with Gasteiger partial charge in [0.25, 0.3) is 5.56 Å². The Kier molecular flexibility index (Phi) is 5.22. The predicted molar refractivity (Wildman–Crippen MR) is 96.9 cm³/mol. The van der Waals surface area contributed by atoms with Crippen LogP contribution >= 0.6 is 0 Å². The maximum atomic E-state index is 12.9. The number of carbonyl (C=O) groups excluding carboxylic acids is 1. The monoisotopic (exact) mass is 351 g/mol. The molecule has 6 heteroatoms. The van der Waals surface area contributed by atoms with Crippen LogP contribution in [0, 0.1) is 12.7 Å². The second-order valence-electron chi connectivity index (χ2n) is 5.93. The first-order chi connectivity index (χ1) is 12.5. The Morgan fingerprint density at radius 1 is 1.08 bits per heavy atom. The van der Waals surface area contributed by atoms with E-state index in [1.807, 2.05) is 31.2 Å². The number of aromatic nitrogens is 2. The smallest absolute Gasteiger partial charge is 0.267 e. The third-order valence-corrected chi connectivity index (χ3v) is 3.98. The van der Waals surface area contributed by atoms with Crippen LogP contribution in [0.25, 0.3) is 11.3 Å². The molecule has 0 bridgehead atoms. The quantitative estimate of drug-likeness (QED) is 0.769. The second-order valence-corrected chi connectivity index (χ2v) is 5.93. The molecule has 2 aromatic carbocycles. The molecule has 1 N–H and O–H groups in total. The van der Waals surface area contributed by atoms with Crippen molar-refractivity contribution in [1.82, 2.24) is 15.1 Å². The van der Waals surface area contributed by atoms with Crippen LogP contribution in [0.4, 0.5) is 4.39 Å². The highest BCUT2D eigenvalue weighted by molar-refractivity contribution is 5.75. The van der Waals surface area contributed by atoms with Gasteiger partial charge in [-0.05, 0) is 36.2 Å². The maximum Gasteiger partial charge on any atom is 0.267 e. The summed E-state index contributed by atoms with van der Waals surface area (Å²) < 4.78 is 14.0. The number of nitrogens with one attached hydrogen (secondary N) is 1. The lowest BCUT2D eigenvalue weighted by atomic mass is 10.1. The summed E-state index contributed by atoms with van der Waals surface area (Å²) in [6.45, 7) is 2.03. The summed E-state index contributed by atoms with van der Waals surface area (Å²) in [7, 11) is 0. The predicted octanol–water partition coefficient (Wildman–Crippen LogP) is 2.67. The number of hydrogen-bond acceptors (Lipinski definition) is 3. The van der Waals surface area contributed by atoms with Gasteiger partial charge in [0.1, 0.15) is 12.4 Å². The summed E-state index contributed by atoms with van der Waals surface area (Å²) in [5.74, 6) is -0.672. The normalized spacial score (nSPS) is 10.5. The Bertz CT molecular complexity index is 981. The van der Waals surface area contributed by atoms with Crippen LogP contribution in [0.5, 0.6) is 0 Å². The van der Waals surface area contributed by atoms with E-state index in [0.717, 1.165) is 21.4 Å². The molecule has 26 heavy (non-hydrogen) atoms. The van der Waals surface area contributed by atoms with E-state index in [-0.39, 0.29) is 30.4 Å². The van der Waals surface area contributed by atoms with Gasteiger partial charge in [0.05, 0.1) is 5.69 Å². The molecule has 3 aromatic rings. The van der Waals surface area contributed by atoms with E-state index < -0.39 is 0 Å². The lowest BCUT2D eigenvalue weighted by molar-refractivity contribution is -0.122. The number of nitrogens with zero attached hydrogens (tertiary/aromatic N) is 2. The summed E-state index contributed by atoms with van der Waals surface area (Å²) in [5.41, 5.74) is 3.00. The zero-order valence-electron chi connectivity index (χ0n) is 14.3. The van der Waals surface area contributed by atoms with Gasteiger partial charge < -0.3 is 5.32 Å². The third-order valence-electron chi connectivity index (χ3n) is 3.98. The third kappa shape index (κ3) is 4.22. The molecule has 0 radical (unpaired) electrons. The Hall–Kier alpha value is -3.28. The summed E-state index contributed by atoms with van der Waals surface area (Å²) >= 11 is 0. The van der Waals surface area contributed by atoms with Crippen LogP contribution in [0.15, 0.2) is 65.5 Å². The first-order valence-electron chi connectivity index (χ1n) is 8.18. The molecule has 3 rings (SSSR count). The Labute approximate surface area is 150 Å². The molecule has 1 heterocycles. The van der Waals surface area contributed by atoms with Gasteiger partial charge in [-0.15, -0.1) is 0 Å². The molecule has 0 saturated heterocycles. The molecule has 0 unspecified atom stereocenters. The highest BCUT2D eigenvalue weighted by atomic mass is 19.1. The van der Waals surface area contributed by atoms with Crippen molar-refractivity contribution >= 4 is 5.91 Å². The molecule has 0 aliphatic carbocycles. The molecule has 1 amide bonds. The highest BCUT2D eigenvalue weighted by Gasteiger charge is 2.09. The summed E-state index contributed by atoms with van der Waals surface area (Å²) in [5, 5.41) is 7.01. The van der Waals surface area contributed by atoms with Crippen LogP contribution in [-0.4, -0.2) is 15.7 Å². The molecule has 0 atom stereocenters. The van der Waals surface area contributed by atoms with Gasteiger partial charge in [-0.2, -0.15) is 5.10 Å². The molecular formula is C20H18FN3O2. The van der Waals surface area contributed by atoms with Gasteiger partial charge in [-0.1, -0.05) is 36.4 Å². The van der Waals surface area contributed by atoms with Crippen molar-refractivity contribution in [1.29, 1.82) is 0 Å². The van der Waals surface area contributed by atoms with Crippen molar-refractivity contribution in [3.05, 3.63) is 88.0 Å². The van der Waals surface area contributed by atoms with Crippen LogP contribution in [0.1, 0.15) is 11.1 Å². The molecule has 0 fully saturated rings. The van der Waals surface area contributed by atoms with Gasteiger partial charge in [0.15, 0.2) is 0 Å². The number of carbonyl (C=O) groups is 1. The molecule has 0 aliphatic rings. The number of aryl methyl sites for hydroxylation is 1. The highest BCUT2D eigenvalue weighted by Crippen LogP contribution is 2.19. The molecular weight excluding hydrogens is 333 g/mol. The zero-order valence-corrected chi connectivity index (χ0v) is 14.3. The van der Waals surface area contributed by atoms with E-state index >= 15 is 0 Å². The van der Waals surface area contributed by atoms with Crippen molar-refractivity contribution in [3.8, 4) is 11.3 Å². The second kappa shape index (κ2) is 7.74. The van der Waals surface area contributed by atoms with E-state index in [1.54, 1.807) is 18.2 Å². The van der Waals surface area contributed by atoms with Gasteiger partial charge in [0.2, 0.25) is 5.91 Å². The SMILES string of the molecule is Cc1ccccc1-c1ccc(=O)n(CC(=O)NCc2ccc(F)cc2)n1. The van der Waals surface area contributed by atoms with E-state index in [0.29, 0.717) is 5.69 Å². The zero-order chi connectivity index (χ0) is 18.5. The van der Waals surface area contributed by atoms with Crippen LogP contribution < -0.4 is 10.9 Å². The minimum absolute atomic E-state index is 0.181. The van der Waals surface area contributed by atoms with Crippen LogP contribution in [0.2, 0.25) is 0 Å². The fraction of sp³-hybridized carbons (Fsp3) is 0.150. The summed E-state index contributed by atoms with van der Waals surface area (Å²) in [6.07, 6.45) is 0. The molecule has 1 aromatic heterocycles. The summed E-state index contributed by atoms with van der Waals surface area (Å²) in [6, 6.07) is 16.6. The average molecular weight is 351 g/mol. The van der Waals surface area contributed by atoms with E-state index in [9.17, 15) is 14.0 Å². The van der Waals surface area contributed by atoms with E-state index in [4.69, 9.17) is 0 Å². The number of rotatable bonds is 5. The lowest BCUT2D eigenvalue weighted by Gasteiger charge is -2.09. The van der Waals surface area contributed by atoms with Crippen molar-refractivity contribution in [3.63, 3.8) is 0 Å². The van der Waals surface area contributed by atoms with Crippen molar-refractivity contribution in [2.75, 3.05) is 0 Å². The van der Waals surface area contributed by atoms with Crippen molar-refractivity contribution in [2.24, 2.45) is 0 Å². The minimum Gasteiger partial charge on any atom is -0.350 e. The number of hydrogen-bond donors (Lipinski definition) is 1. The van der Waals surface area contributed by atoms with Gasteiger partial charge in [0, 0.05) is 18.2 Å². The number of halogens is 1. The largest absolute Gasteiger partial charge is 0.350 e. The standard InChI is InChI=1S/C20H18FN3O2/c1-14-4-2-3-5-17(14)18-10-11-20(26)24(23-18)13-19(25)22-12-15-6-8-16(21)9-7-15/h2-11H,12-13H2,1H3,(H,22,25). The topological polar surface area (TPSA) is 64.0 Å². The molecule has 132 valence electrons. The molecule has 0 spiro atoms. The number of amides is 1. The van der Waals surface area contributed by atoms with E-state index in [1.165, 1.54) is 18.2 Å². The van der Waals surface area contributed by atoms with Crippen molar-refractivity contribution < 1.29 is 9.18 Å². The molecule has 0 saturated carbocycles.